The monoisotopic (exact) mass is 508 g/mol. The first kappa shape index (κ1) is 25.3. The number of fused-ring (bicyclic) bond motifs is 1. The van der Waals surface area contributed by atoms with Gasteiger partial charge in [0, 0.05) is 37.4 Å². The Kier molecular flexibility index (Phi) is 7.66. The zero-order valence-corrected chi connectivity index (χ0v) is 21.3. The smallest absolute Gasteiger partial charge is 0.260 e. The third kappa shape index (κ3) is 5.09. The second-order valence-electron chi connectivity index (χ2n) is 8.40. The molecule has 0 saturated carbocycles. The molecule has 3 aromatic rings. The average molecular weight is 509 g/mol. The first-order valence-electron chi connectivity index (χ1n) is 11.8. The summed E-state index contributed by atoms with van der Waals surface area (Å²) < 4.78 is 0. The Balaban J connectivity index is 1.62. The summed E-state index contributed by atoms with van der Waals surface area (Å²) in [6.45, 7) is 9.46. The van der Waals surface area contributed by atoms with E-state index in [0.29, 0.717) is 34.8 Å². The largest absolute Gasteiger partial charge is 0.368 e. The third-order valence-corrected chi connectivity index (χ3v) is 6.55. The average Bonchev–Trinajstić information content (AvgIpc) is 3.35. The molecule has 0 saturated heterocycles. The van der Waals surface area contributed by atoms with Gasteiger partial charge in [0.25, 0.3) is 11.8 Å². The highest BCUT2D eigenvalue weighted by Gasteiger charge is 2.37. The highest BCUT2D eigenvalue weighted by atomic mass is 35.5. The maximum absolute atomic E-state index is 13.5. The molecule has 0 bridgehead atoms. The Morgan fingerprint density at radius 3 is 2.67 bits per heavy atom. The minimum atomic E-state index is -0.289. The van der Waals surface area contributed by atoms with Gasteiger partial charge >= 0.3 is 0 Å². The van der Waals surface area contributed by atoms with Crippen LogP contribution < -0.4 is 16.0 Å². The van der Waals surface area contributed by atoms with Crippen molar-refractivity contribution in [2.24, 2.45) is 0 Å². The molecule has 4 rings (SSSR count). The molecule has 4 N–H and O–H groups in total. The fourth-order valence-electron chi connectivity index (χ4n) is 4.17. The van der Waals surface area contributed by atoms with Crippen molar-refractivity contribution in [1.82, 2.24) is 30.2 Å². The number of nitrogens with one attached hydrogen (secondary N) is 2. The highest BCUT2D eigenvalue weighted by Crippen LogP contribution is 2.41. The van der Waals surface area contributed by atoms with Crippen LogP contribution in [0.4, 0.5) is 11.8 Å². The zero-order valence-electron chi connectivity index (χ0n) is 20.5. The molecule has 0 fully saturated rings. The van der Waals surface area contributed by atoms with Gasteiger partial charge in [0.1, 0.15) is 5.15 Å². The van der Waals surface area contributed by atoms with Crippen LogP contribution in [0.15, 0.2) is 30.7 Å². The van der Waals surface area contributed by atoms with Crippen LogP contribution in [0.2, 0.25) is 5.15 Å². The lowest BCUT2D eigenvalue weighted by atomic mass is 10.1. The van der Waals surface area contributed by atoms with E-state index >= 15 is 0 Å². The SMILES string of the molecule is CCN(CC)CCNC(=O)c1c[nH]c(C=C2C(=O)N(Cc3ccncc3)c3nc(N)nc(Cl)c32)c1C. The van der Waals surface area contributed by atoms with E-state index in [0.717, 1.165) is 30.8 Å². The van der Waals surface area contributed by atoms with E-state index < -0.39 is 0 Å². The number of aromatic nitrogens is 4. The van der Waals surface area contributed by atoms with Crippen LogP contribution in [0, 0.1) is 6.92 Å². The van der Waals surface area contributed by atoms with Gasteiger partial charge in [0.2, 0.25) is 5.95 Å². The molecule has 0 aromatic carbocycles. The van der Waals surface area contributed by atoms with Crippen LogP contribution in [-0.2, 0) is 11.3 Å². The summed E-state index contributed by atoms with van der Waals surface area (Å²) in [7, 11) is 0. The number of amides is 2. The molecule has 0 spiro atoms. The van der Waals surface area contributed by atoms with Gasteiger partial charge < -0.3 is 20.9 Å². The van der Waals surface area contributed by atoms with Crippen molar-refractivity contribution in [1.29, 1.82) is 0 Å². The first-order chi connectivity index (χ1) is 17.3. The number of carbonyl (C=O) groups excluding carboxylic acids is 2. The molecular weight excluding hydrogens is 480 g/mol. The topological polar surface area (TPSA) is 133 Å². The van der Waals surface area contributed by atoms with E-state index in [9.17, 15) is 9.59 Å². The van der Waals surface area contributed by atoms with Gasteiger partial charge in [-0.25, -0.2) is 4.98 Å². The van der Waals surface area contributed by atoms with E-state index in [1.807, 2.05) is 19.1 Å². The molecule has 188 valence electrons. The van der Waals surface area contributed by atoms with E-state index in [2.05, 4.69) is 44.0 Å². The van der Waals surface area contributed by atoms with E-state index in [4.69, 9.17) is 17.3 Å². The number of carbonyl (C=O) groups is 2. The van der Waals surface area contributed by atoms with Crippen LogP contribution in [0.3, 0.4) is 0 Å². The summed E-state index contributed by atoms with van der Waals surface area (Å²) in [6, 6.07) is 3.64. The van der Waals surface area contributed by atoms with Gasteiger partial charge in [-0.2, -0.15) is 4.98 Å². The number of H-pyrrole nitrogens is 1. The molecule has 3 aromatic heterocycles. The number of aromatic amines is 1. The molecule has 10 nitrogen and oxygen atoms in total. The lowest BCUT2D eigenvalue weighted by Crippen LogP contribution is -2.34. The molecule has 1 aliphatic heterocycles. The van der Waals surface area contributed by atoms with Gasteiger partial charge in [-0.15, -0.1) is 0 Å². The van der Waals surface area contributed by atoms with Crippen LogP contribution in [-0.4, -0.2) is 62.8 Å². The predicted molar refractivity (Wildman–Crippen MR) is 140 cm³/mol. The molecule has 36 heavy (non-hydrogen) atoms. The van der Waals surface area contributed by atoms with Crippen LogP contribution in [0.1, 0.15) is 46.6 Å². The molecule has 0 unspecified atom stereocenters. The second kappa shape index (κ2) is 10.9. The summed E-state index contributed by atoms with van der Waals surface area (Å²) in [5, 5.41) is 3.05. The summed E-state index contributed by atoms with van der Waals surface area (Å²) in [6.07, 6.45) is 6.64. The number of nitrogens with two attached hydrogens (primary N) is 1. The molecule has 2 amide bonds. The maximum atomic E-state index is 13.5. The molecule has 0 radical (unpaired) electrons. The number of rotatable bonds is 9. The van der Waals surface area contributed by atoms with Crippen LogP contribution >= 0.6 is 11.6 Å². The summed E-state index contributed by atoms with van der Waals surface area (Å²) in [4.78, 5) is 45.6. The number of hydrogen-bond acceptors (Lipinski definition) is 7. The molecule has 4 heterocycles. The molecule has 11 heteroatoms. The lowest BCUT2D eigenvalue weighted by Gasteiger charge is -2.17. The Hall–Kier alpha value is -3.76. The van der Waals surface area contributed by atoms with Crippen molar-refractivity contribution in [2.45, 2.75) is 27.3 Å². The van der Waals surface area contributed by atoms with Crippen molar-refractivity contribution in [2.75, 3.05) is 36.8 Å². The van der Waals surface area contributed by atoms with Crippen molar-refractivity contribution in [3.05, 3.63) is 63.8 Å². The number of nitrogen functional groups attached to an aromatic ring is 1. The Bertz CT molecular complexity index is 1300. The summed E-state index contributed by atoms with van der Waals surface area (Å²) >= 11 is 6.43. The quantitative estimate of drug-likeness (QED) is 0.299. The molecular formula is C25H29ClN8O2. The minimum absolute atomic E-state index is 0.0211. The minimum Gasteiger partial charge on any atom is -0.368 e. The highest BCUT2D eigenvalue weighted by molar-refractivity contribution is 6.41. The summed E-state index contributed by atoms with van der Waals surface area (Å²) in [5.74, 6) is -0.138. The van der Waals surface area contributed by atoms with E-state index in [1.165, 1.54) is 4.90 Å². The van der Waals surface area contributed by atoms with Gasteiger partial charge in [0.15, 0.2) is 5.82 Å². The van der Waals surface area contributed by atoms with Gasteiger partial charge in [-0.1, -0.05) is 25.4 Å². The third-order valence-electron chi connectivity index (χ3n) is 6.28. The predicted octanol–water partition coefficient (Wildman–Crippen LogP) is 2.90. The maximum Gasteiger partial charge on any atom is 0.260 e. The van der Waals surface area contributed by atoms with Crippen molar-refractivity contribution in [3.63, 3.8) is 0 Å². The Morgan fingerprint density at radius 2 is 1.97 bits per heavy atom. The second-order valence-corrected chi connectivity index (χ2v) is 8.76. The number of halogens is 1. The molecule has 0 aliphatic carbocycles. The van der Waals surface area contributed by atoms with Crippen LogP contribution in [0.5, 0.6) is 0 Å². The number of likely N-dealkylation sites (N-methyl/N-ethyl adjacent to an activating group) is 1. The molecule has 1 aliphatic rings. The van der Waals surface area contributed by atoms with Gasteiger partial charge in [-0.05, 0) is 49.3 Å². The number of hydrogen-bond donors (Lipinski definition) is 3. The normalized spacial score (nSPS) is 14.1. The van der Waals surface area contributed by atoms with Gasteiger partial charge in [-0.3, -0.25) is 19.5 Å². The lowest BCUT2D eigenvalue weighted by molar-refractivity contribution is -0.113. The zero-order chi connectivity index (χ0) is 25.8. The van der Waals surface area contributed by atoms with E-state index in [1.54, 1.807) is 24.7 Å². The first-order valence-corrected chi connectivity index (χ1v) is 12.2. The van der Waals surface area contributed by atoms with Crippen LogP contribution in [0.25, 0.3) is 11.6 Å². The number of pyridine rings is 1. The van der Waals surface area contributed by atoms with Gasteiger partial charge in [0.05, 0.1) is 23.2 Å². The fourth-order valence-corrected chi connectivity index (χ4v) is 4.44. The van der Waals surface area contributed by atoms with Crippen molar-refractivity contribution < 1.29 is 9.59 Å². The molecule has 0 atom stereocenters. The van der Waals surface area contributed by atoms with Crippen molar-refractivity contribution in [3.8, 4) is 0 Å². The summed E-state index contributed by atoms with van der Waals surface area (Å²) in [5.41, 5.74) is 9.30. The number of nitrogens with zero attached hydrogens (tertiary/aromatic N) is 5. The Labute approximate surface area is 214 Å². The van der Waals surface area contributed by atoms with E-state index in [-0.39, 0.29) is 29.5 Å². The number of anilines is 2. The Morgan fingerprint density at radius 1 is 1.25 bits per heavy atom. The standard InChI is InChI=1S/C25H29ClN8O2/c1-4-33(5-2)11-10-29-23(35)18-13-30-19(15(18)3)12-17-20-21(26)31-25(27)32-22(20)34(24(17)36)14-16-6-8-28-9-7-16/h6-9,12-13,30H,4-5,10-11,14H2,1-3H3,(H,29,35)(H2,27,31,32). The van der Waals surface area contributed by atoms with Crippen molar-refractivity contribution >= 4 is 46.8 Å². The fraction of sp³-hybridized carbons (Fsp3) is 0.320.